The van der Waals surface area contributed by atoms with E-state index in [9.17, 15) is 9.90 Å². The van der Waals surface area contributed by atoms with Crippen LogP contribution >= 0.6 is 27.5 Å². The molecule has 0 amide bonds. The summed E-state index contributed by atoms with van der Waals surface area (Å²) < 4.78 is 0.994. The van der Waals surface area contributed by atoms with Crippen LogP contribution < -0.4 is 0 Å². The third kappa shape index (κ3) is 3.35. The Morgan fingerprint density at radius 1 is 1.55 bits per heavy atom. The van der Waals surface area contributed by atoms with E-state index in [0.717, 1.165) is 34.4 Å². The Labute approximate surface area is 133 Å². The van der Waals surface area contributed by atoms with Crippen molar-refractivity contribution in [3.63, 3.8) is 0 Å². The maximum Gasteiger partial charge on any atom is 0.310 e. The molecule has 110 valence electrons. The fraction of sp³-hybridized carbons (Fsp3) is 0.533. The van der Waals surface area contributed by atoms with Gasteiger partial charge in [-0.3, -0.25) is 9.69 Å². The molecule has 0 bridgehead atoms. The number of likely N-dealkylation sites (tertiary alicyclic amines) is 1. The van der Waals surface area contributed by atoms with Gasteiger partial charge in [0.25, 0.3) is 0 Å². The number of hydrogen-bond donors (Lipinski definition) is 1. The summed E-state index contributed by atoms with van der Waals surface area (Å²) in [6.07, 6.45) is 2.36. The Hall–Kier alpha value is -0.580. The molecule has 0 spiro atoms. The molecule has 1 aromatic carbocycles. The second kappa shape index (κ2) is 6.46. The van der Waals surface area contributed by atoms with Gasteiger partial charge >= 0.3 is 5.97 Å². The molecule has 0 radical (unpaired) electrons. The molecule has 2 rings (SSSR count). The summed E-state index contributed by atoms with van der Waals surface area (Å²) in [7, 11) is 0. The maximum absolute atomic E-state index is 11.6. The molecule has 20 heavy (non-hydrogen) atoms. The zero-order valence-electron chi connectivity index (χ0n) is 11.5. The number of piperidine rings is 1. The number of rotatable bonds is 4. The van der Waals surface area contributed by atoms with E-state index in [1.165, 1.54) is 0 Å². The van der Waals surface area contributed by atoms with E-state index in [1.54, 1.807) is 0 Å². The molecule has 1 aliphatic rings. The van der Waals surface area contributed by atoms with E-state index in [4.69, 9.17) is 11.6 Å². The van der Waals surface area contributed by atoms with Gasteiger partial charge in [-0.15, -0.1) is 0 Å². The smallest absolute Gasteiger partial charge is 0.310 e. The molecule has 1 aromatic rings. The summed E-state index contributed by atoms with van der Waals surface area (Å²) in [5.74, 6) is -0.676. The van der Waals surface area contributed by atoms with Crippen LogP contribution in [0.15, 0.2) is 22.7 Å². The first-order valence-electron chi connectivity index (χ1n) is 6.86. The van der Waals surface area contributed by atoms with Gasteiger partial charge in [0.1, 0.15) is 0 Å². The lowest BCUT2D eigenvalue weighted by Crippen LogP contribution is -2.47. The van der Waals surface area contributed by atoms with E-state index in [-0.39, 0.29) is 0 Å². The first kappa shape index (κ1) is 15.8. The van der Waals surface area contributed by atoms with Crippen molar-refractivity contribution in [3.05, 3.63) is 33.3 Å². The van der Waals surface area contributed by atoms with Gasteiger partial charge in [0.15, 0.2) is 0 Å². The Morgan fingerprint density at radius 3 is 2.95 bits per heavy atom. The first-order chi connectivity index (χ1) is 9.47. The van der Waals surface area contributed by atoms with Crippen molar-refractivity contribution in [3.8, 4) is 0 Å². The summed E-state index contributed by atoms with van der Waals surface area (Å²) in [5, 5.41) is 10.2. The van der Waals surface area contributed by atoms with Gasteiger partial charge < -0.3 is 5.11 Å². The number of benzene rings is 1. The minimum Gasteiger partial charge on any atom is -0.481 e. The predicted octanol–water partition coefficient (Wildman–Crippen LogP) is 4.18. The molecule has 5 heteroatoms. The van der Waals surface area contributed by atoms with Crippen molar-refractivity contribution in [2.24, 2.45) is 5.41 Å². The fourth-order valence-corrected chi connectivity index (χ4v) is 3.47. The topological polar surface area (TPSA) is 40.5 Å². The van der Waals surface area contributed by atoms with E-state index in [1.807, 2.05) is 25.1 Å². The van der Waals surface area contributed by atoms with Crippen molar-refractivity contribution in [2.45, 2.75) is 32.7 Å². The van der Waals surface area contributed by atoms with Crippen LogP contribution in [0, 0.1) is 5.41 Å². The van der Waals surface area contributed by atoms with Crippen LogP contribution in [0.3, 0.4) is 0 Å². The van der Waals surface area contributed by atoms with E-state index in [2.05, 4.69) is 20.8 Å². The van der Waals surface area contributed by atoms with Crippen LogP contribution in [-0.4, -0.2) is 29.1 Å². The van der Waals surface area contributed by atoms with Gasteiger partial charge in [-0.25, -0.2) is 0 Å². The zero-order chi connectivity index (χ0) is 14.8. The minimum absolute atomic E-state index is 0.599. The number of hydrogen-bond acceptors (Lipinski definition) is 2. The highest BCUT2D eigenvalue weighted by Gasteiger charge is 2.40. The van der Waals surface area contributed by atoms with Gasteiger partial charge in [0, 0.05) is 22.6 Å². The number of carboxylic acids is 1. The molecule has 0 saturated carbocycles. The van der Waals surface area contributed by atoms with E-state index in [0.29, 0.717) is 19.5 Å². The van der Waals surface area contributed by atoms with Crippen molar-refractivity contribution in [2.75, 3.05) is 13.1 Å². The summed E-state index contributed by atoms with van der Waals surface area (Å²) in [4.78, 5) is 13.8. The number of carboxylic acid groups (broad SMARTS) is 1. The van der Waals surface area contributed by atoms with E-state index >= 15 is 0 Å². The van der Waals surface area contributed by atoms with Crippen LogP contribution in [-0.2, 0) is 11.3 Å². The number of aliphatic carboxylic acids is 1. The summed E-state index contributed by atoms with van der Waals surface area (Å²) in [5.41, 5.74) is 0.440. The molecule has 0 aliphatic carbocycles. The quantitative estimate of drug-likeness (QED) is 0.875. The molecule has 3 nitrogen and oxygen atoms in total. The van der Waals surface area contributed by atoms with Crippen molar-refractivity contribution < 1.29 is 9.90 Å². The standard InChI is InChI=1S/C15H19BrClNO2/c1-2-15(14(19)20)6-3-7-18(10-15)9-11-8-12(16)4-5-13(11)17/h4-5,8H,2-3,6-7,9-10H2,1H3,(H,19,20). The van der Waals surface area contributed by atoms with Crippen LogP contribution in [0.4, 0.5) is 0 Å². The van der Waals surface area contributed by atoms with Gasteiger partial charge in [-0.1, -0.05) is 34.5 Å². The summed E-state index contributed by atoms with van der Waals surface area (Å²) >= 11 is 9.67. The predicted molar refractivity (Wildman–Crippen MR) is 84.0 cm³/mol. The number of nitrogens with zero attached hydrogens (tertiary/aromatic N) is 1. The largest absolute Gasteiger partial charge is 0.481 e. The normalized spacial score (nSPS) is 23.8. The average molecular weight is 361 g/mol. The minimum atomic E-state index is -0.676. The summed E-state index contributed by atoms with van der Waals surface area (Å²) in [6, 6.07) is 5.79. The van der Waals surface area contributed by atoms with Gasteiger partial charge in [0.2, 0.25) is 0 Å². The second-order valence-electron chi connectivity index (χ2n) is 5.49. The Bertz CT molecular complexity index is 509. The van der Waals surface area contributed by atoms with Crippen LogP contribution in [0.25, 0.3) is 0 Å². The van der Waals surface area contributed by atoms with Crippen molar-refractivity contribution in [1.82, 2.24) is 4.90 Å². The molecular formula is C15H19BrClNO2. The Kier molecular flexibility index (Phi) is 5.10. The molecule has 1 fully saturated rings. The molecule has 1 N–H and O–H groups in total. The molecular weight excluding hydrogens is 342 g/mol. The zero-order valence-corrected chi connectivity index (χ0v) is 13.9. The lowest BCUT2D eigenvalue weighted by Gasteiger charge is -2.39. The monoisotopic (exact) mass is 359 g/mol. The molecule has 1 aliphatic heterocycles. The maximum atomic E-state index is 11.6. The third-order valence-electron chi connectivity index (χ3n) is 4.19. The highest BCUT2D eigenvalue weighted by molar-refractivity contribution is 9.10. The molecule has 0 aromatic heterocycles. The fourth-order valence-electron chi connectivity index (χ4n) is 2.88. The highest BCUT2D eigenvalue weighted by atomic mass is 79.9. The van der Waals surface area contributed by atoms with Gasteiger partial charge in [-0.05, 0) is 49.6 Å². The average Bonchev–Trinajstić information content (AvgIpc) is 2.43. The number of carbonyl (C=O) groups is 1. The molecule has 1 heterocycles. The summed E-state index contributed by atoms with van der Waals surface area (Å²) in [6.45, 7) is 4.19. The molecule has 1 saturated heterocycles. The lowest BCUT2D eigenvalue weighted by atomic mass is 9.77. The third-order valence-corrected chi connectivity index (χ3v) is 5.05. The molecule has 1 atom stereocenters. The van der Waals surface area contributed by atoms with Crippen LogP contribution in [0.2, 0.25) is 5.02 Å². The van der Waals surface area contributed by atoms with Crippen molar-refractivity contribution in [1.29, 1.82) is 0 Å². The second-order valence-corrected chi connectivity index (χ2v) is 6.81. The van der Waals surface area contributed by atoms with Gasteiger partial charge in [-0.2, -0.15) is 0 Å². The Balaban J connectivity index is 2.13. The number of halogens is 2. The molecule has 1 unspecified atom stereocenters. The van der Waals surface area contributed by atoms with E-state index < -0.39 is 11.4 Å². The van der Waals surface area contributed by atoms with Crippen LogP contribution in [0.5, 0.6) is 0 Å². The van der Waals surface area contributed by atoms with Crippen molar-refractivity contribution >= 4 is 33.5 Å². The SMILES string of the molecule is CCC1(C(=O)O)CCCN(Cc2cc(Br)ccc2Cl)C1. The first-order valence-corrected chi connectivity index (χ1v) is 8.03. The lowest BCUT2D eigenvalue weighted by molar-refractivity contribution is -0.153. The Morgan fingerprint density at radius 2 is 2.30 bits per heavy atom. The highest BCUT2D eigenvalue weighted by Crippen LogP contribution is 2.35. The van der Waals surface area contributed by atoms with Gasteiger partial charge in [0.05, 0.1) is 5.41 Å². The van der Waals surface area contributed by atoms with Crippen LogP contribution in [0.1, 0.15) is 31.7 Å².